The molecule has 0 bridgehead atoms. The first-order chi connectivity index (χ1) is 8.11. The molecule has 2 fully saturated rings. The second kappa shape index (κ2) is 5.61. The van der Waals surface area contributed by atoms with E-state index in [0.29, 0.717) is 11.3 Å². The molecule has 4 atom stereocenters. The maximum Gasteiger partial charge on any atom is 0.323 e. The van der Waals surface area contributed by atoms with Crippen molar-refractivity contribution in [2.45, 2.75) is 50.4 Å². The van der Waals surface area contributed by atoms with E-state index in [1.165, 1.54) is 26.4 Å². The molecule has 4 heteroatoms. The predicted octanol–water partition coefficient (Wildman–Crippen LogP) is 2.06. The van der Waals surface area contributed by atoms with Crippen molar-refractivity contribution >= 4 is 17.7 Å². The molecule has 3 nitrogen and oxygen atoms in total. The first-order valence-corrected chi connectivity index (χ1v) is 7.62. The summed E-state index contributed by atoms with van der Waals surface area (Å²) in [6.45, 7) is 4.65. The number of nitrogens with one attached hydrogen (secondary N) is 1. The van der Waals surface area contributed by atoms with Crippen LogP contribution in [-0.2, 0) is 9.53 Å². The molecular formula is C13H23NO2S. The van der Waals surface area contributed by atoms with Crippen molar-refractivity contribution < 1.29 is 9.53 Å². The van der Waals surface area contributed by atoms with Gasteiger partial charge in [-0.1, -0.05) is 13.8 Å². The van der Waals surface area contributed by atoms with Gasteiger partial charge in [-0.3, -0.25) is 10.1 Å². The number of esters is 1. The third-order valence-electron chi connectivity index (χ3n) is 4.15. The molecule has 1 aliphatic heterocycles. The van der Waals surface area contributed by atoms with Gasteiger partial charge in [0.25, 0.3) is 0 Å². The van der Waals surface area contributed by atoms with Crippen molar-refractivity contribution in [1.82, 2.24) is 5.32 Å². The summed E-state index contributed by atoms with van der Waals surface area (Å²) in [6.07, 6.45) is 3.79. The molecule has 0 spiro atoms. The summed E-state index contributed by atoms with van der Waals surface area (Å²) in [4.78, 5) is 11.5. The Morgan fingerprint density at radius 1 is 1.41 bits per heavy atom. The molecule has 1 N–H and O–H groups in total. The zero-order valence-electron chi connectivity index (χ0n) is 10.9. The van der Waals surface area contributed by atoms with Crippen LogP contribution in [0.1, 0.15) is 33.1 Å². The smallest absolute Gasteiger partial charge is 0.323 e. The molecule has 98 valence electrons. The van der Waals surface area contributed by atoms with E-state index in [1.807, 2.05) is 11.8 Å². The highest BCUT2D eigenvalue weighted by Gasteiger charge is 2.38. The fourth-order valence-corrected chi connectivity index (χ4v) is 4.45. The molecule has 0 radical (unpaired) electrons. The van der Waals surface area contributed by atoms with Crippen LogP contribution in [0.15, 0.2) is 0 Å². The molecule has 0 aromatic heterocycles. The van der Waals surface area contributed by atoms with Gasteiger partial charge in [0.05, 0.1) is 7.11 Å². The number of carbonyl (C=O) groups is 1. The van der Waals surface area contributed by atoms with Gasteiger partial charge < -0.3 is 4.74 Å². The Bertz CT molecular complexity index is 283. The Balaban J connectivity index is 1.90. The summed E-state index contributed by atoms with van der Waals surface area (Å²) in [5.41, 5.74) is 0. The molecule has 0 aromatic carbocycles. The van der Waals surface area contributed by atoms with Crippen molar-refractivity contribution in [2.24, 2.45) is 11.8 Å². The summed E-state index contributed by atoms with van der Waals surface area (Å²) >= 11 is 1.96. The molecular weight excluding hydrogens is 234 g/mol. The maximum absolute atomic E-state index is 11.5. The Hall–Kier alpha value is -0.220. The Morgan fingerprint density at radius 2 is 2.18 bits per heavy atom. The van der Waals surface area contributed by atoms with Crippen molar-refractivity contribution in [3.05, 3.63) is 0 Å². The zero-order chi connectivity index (χ0) is 12.4. The third-order valence-corrected chi connectivity index (χ3v) is 5.63. The SMILES string of the molecule is COC(=O)C1CSC2CC(C(C)C)CCC2N1. The summed E-state index contributed by atoms with van der Waals surface area (Å²) in [7, 11) is 1.47. The van der Waals surface area contributed by atoms with Gasteiger partial charge in [0.1, 0.15) is 6.04 Å². The topological polar surface area (TPSA) is 38.3 Å². The minimum Gasteiger partial charge on any atom is -0.468 e. The number of hydrogen-bond acceptors (Lipinski definition) is 4. The average Bonchev–Trinajstić information content (AvgIpc) is 2.36. The van der Waals surface area contributed by atoms with Crippen LogP contribution in [0, 0.1) is 11.8 Å². The van der Waals surface area contributed by atoms with Gasteiger partial charge in [0.2, 0.25) is 0 Å². The van der Waals surface area contributed by atoms with E-state index < -0.39 is 0 Å². The Kier molecular flexibility index (Phi) is 4.36. The van der Waals surface area contributed by atoms with Crippen LogP contribution in [0.5, 0.6) is 0 Å². The number of thioether (sulfide) groups is 1. The summed E-state index contributed by atoms with van der Waals surface area (Å²) in [5, 5.41) is 4.16. The molecule has 4 unspecified atom stereocenters. The number of hydrogen-bond donors (Lipinski definition) is 1. The lowest BCUT2D eigenvalue weighted by Gasteiger charge is -2.42. The standard InChI is InChI=1S/C13H23NO2S/c1-8(2)9-4-5-10-12(6-9)17-7-11(14-10)13(15)16-3/h8-12,14H,4-7H2,1-3H3. The number of rotatable bonds is 2. The van der Waals surface area contributed by atoms with E-state index in [2.05, 4.69) is 19.2 Å². The second-order valence-corrected chi connectivity index (χ2v) is 6.81. The quantitative estimate of drug-likeness (QED) is 0.769. The lowest BCUT2D eigenvalue weighted by molar-refractivity contribution is -0.142. The van der Waals surface area contributed by atoms with Gasteiger partial charge in [0.15, 0.2) is 0 Å². The van der Waals surface area contributed by atoms with E-state index in [9.17, 15) is 4.79 Å². The molecule has 1 aliphatic carbocycles. The fraction of sp³-hybridized carbons (Fsp3) is 0.923. The molecule has 1 saturated heterocycles. The molecule has 2 rings (SSSR count). The third kappa shape index (κ3) is 2.97. The number of methoxy groups -OCH3 is 1. The van der Waals surface area contributed by atoms with Crippen molar-refractivity contribution in [2.75, 3.05) is 12.9 Å². The summed E-state index contributed by atoms with van der Waals surface area (Å²) in [5.74, 6) is 2.40. The summed E-state index contributed by atoms with van der Waals surface area (Å²) < 4.78 is 4.81. The second-order valence-electron chi connectivity index (χ2n) is 5.54. The van der Waals surface area contributed by atoms with E-state index in [-0.39, 0.29) is 12.0 Å². The van der Waals surface area contributed by atoms with Gasteiger partial charge in [-0.05, 0) is 31.1 Å². The van der Waals surface area contributed by atoms with Gasteiger partial charge in [0, 0.05) is 17.0 Å². The highest BCUT2D eigenvalue weighted by molar-refractivity contribution is 8.00. The Morgan fingerprint density at radius 3 is 2.82 bits per heavy atom. The normalized spacial score (nSPS) is 37.6. The minimum atomic E-state index is -0.109. The van der Waals surface area contributed by atoms with Crippen LogP contribution in [0.2, 0.25) is 0 Å². The number of fused-ring (bicyclic) bond motifs is 1. The lowest BCUT2D eigenvalue weighted by atomic mass is 9.79. The highest BCUT2D eigenvalue weighted by Crippen LogP contribution is 2.38. The average molecular weight is 257 g/mol. The van der Waals surface area contributed by atoms with E-state index >= 15 is 0 Å². The van der Waals surface area contributed by atoms with Crippen LogP contribution in [0.4, 0.5) is 0 Å². The summed E-state index contributed by atoms with van der Waals surface area (Å²) in [6, 6.07) is 0.412. The number of carbonyl (C=O) groups excluding carboxylic acids is 1. The molecule has 2 aliphatic rings. The maximum atomic E-state index is 11.5. The van der Waals surface area contributed by atoms with Gasteiger partial charge in [-0.15, -0.1) is 0 Å². The molecule has 0 aromatic rings. The molecule has 17 heavy (non-hydrogen) atoms. The first-order valence-electron chi connectivity index (χ1n) is 6.57. The van der Waals surface area contributed by atoms with Crippen molar-refractivity contribution in [1.29, 1.82) is 0 Å². The van der Waals surface area contributed by atoms with E-state index in [0.717, 1.165) is 17.6 Å². The molecule has 0 amide bonds. The van der Waals surface area contributed by atoms with Crippen LogP contribution >= 0.6 is 11.8 Å². The largest absolute Gasteiger partial charge is 0.468 e. The minimum absolute atomic E-state index is 0.0955. The fourth-order valence-electron chi connectivity index (χ4n) is 2.95. The van der Waals surface area contributed by atoms with Crippen LogP contribution in [0.3, 0.4) is 0 Å². The predicted molar refractivity (Wildman–Crippen MR) is 71.2 cm³/mol. The van der Waals surface area contributed by atoms with Crippen LogP contribution < -0.4 is 5.32 Å². The van der Waals surface area contributed by atoms with E-state index in [1.54, 1.807) is 0 Å². The van der Waals surface area contributed by atoms with Gasteiger partial charge >= 0.3 is 5.97 Å². The molecule has 1 heterocycles. The zero-order valence-corrected chi connectivity index (χ0v) is 11.8. The highest BCUT2D eigenvalue weighted by atomic mass is 32.2. The first kappa shape index (κ1) is 13.2. The number of ether oxygens (including phenoxy) is 1. The monoisotopic (exact) mass is 257 g/mol. The lowest BCUT2D eigenvalue weighted by Crippen LogP contribution is -2.55. The van der Waals surface area contributed by atoms with Crippen LogP contribution in [0.25, 0.3) is 0 Å². The van der Waals surface area contributed by atoms with Gasteiger partial charge in [-0.2, -0.15) is 11.8 Å². The van der Waals surface area contributed by atoms with E-state index in [4.69, 9.17) is 4.74 Å². The van der Waals surface area contributed by atoms with Crippen molar-refractivity contribution in [3.8, 4) is 0 Å². The van der Waals surface area contributed by atoms with Gasteiger partial charge in [-0.25, -0.2) is 0 Å². The molecule has 1 saturated carbocycles. The van der Waals surface area contributed by atoms with Crippen molar-refractivity contribution in [3.63, 3.8) is 0 Å². The Labute approximate surface area is 108 Å². The van der Waals surface area contributed by atoms with Crippen LogP contribution in [-0.4, -0.2) is 36.2 Å².